The quantitative estimate of drug-likeness (QED) is 0.163. The van der Waals surface area contributed by atoms with Crippen molar-refractivity contribution in [3.63, 3.8) is 0 Å². The molecule has 10 rings (SSSR count). The Morgan fingerprint density at radius 2 is 0.741 bits per heavy atom. The van der Waals surface area contributed by atoms with Gasteiger partial charge in [-0.25, -0.2) is 9.97 Å². The molecule has 0 atom stereocenters. The predicted molar refractivity (Wildman–Crippen MR) is 227 cm³/mol. The Morgan fingerprint density at radius 1 is 0.259 bits per heavy atom. The molecular formula is C52H34N2. The molecule has 0 radical (unpaired) electrons. The van der Waals surface area contributed by atoms with Gasteiger partial charge in [0.1, 0.15) is 0 Å². The molecular weight excluding hydrogens is 653 g/mol. The molecule has 0 saturated carbocycles. The van der Waals surface area contributed by atoms with Gasteiger partial charge in [0.2, 0.25) is 0 Å². The van der Waals surface area contributed by atoms with Crippen LogP contribution in [0.25, 0.3) is 99.6 Å². The zero-order valence-electron chi connectivity index (χ0n) is 29.5. The number of benzene rings is 9. The van der Waals surface area contributed by atoms with Crippen LogP contribution in [0.2, 0.25) is 0 Å². The normalized spacial score (nSPS) is 11.3. The van der Waals surface area contributed by atoms with Crippen molar-refractivity contribution in [3.8, 4) is 67.2 Å². The van der Waals surface area contributed by atoms with E-state index in [0.29, 0.717) is 5.82 Å². The van der Waals surface area contributed by atoms with Crippen molar-refractivity contribution >= 4 is 32.4 Å². The summed E-state index contributed by atoms with van der Waals surface area (Å²) in [7, 11) is 0. The minimum Gasteiger partial charge on any atom is -0.227 e. The number of fused-ring (bicyclic) bond motifs is 4. The van der Waals surface area contributed by atoms with E-state index in [1.807, 2.05) is 0 Å². The molecule has 1 aromatic heterocycles. The number of rotatable bonds is 6. The highest BCUT2D eigenvalue weighted by Crippen LogP contribution is 2.37. The van der Waals surface area contributed by atoms with Gasteiger partial charge in [-0.05, 0) is 84.9 Å². The predicted octanol–water partition coefficient (Wildman–Crippen LogP) is 13.9. The molecule has 2 heteroatoms. The summed E-state index contributed by atoms with van der Waals surface area (Å²) < 4.78 is 0. The molecule has 2 nitrogen and oxygen atoms in total. The maximum atomic E-state index is 5.33. The van der Waals surface area contributed by atoms with Crippen LogP contribution < -0.4 is 0 Å². The smallest absolute Gasteiger partial charge is 0.160 e. The van der Waals surface area contributed by atoms with Crippen molar-refractivity contribution in [2.75, 3.05) is 0 Å². The number of hydrogen-bond acceptors (Lipinski definition) is 2. The molecule has 0 unspecified atom stereocenters. The lowest BCUT2D eigenvalue weighted by Crippen LogP contribution is -1.96. The Hall–Kier alpha value is -7.16. The molecule has 0 saturated heterocycles. The molecule has 0 N–H and O–H groups in total. The molecule has 0 aliphatic carbocycles. The molecule has 252 valence electrons. The van der Waals surface area contributed by atoms with Crippen LogP contribution in [0.5, 0.6) is 0 Å². The van der Waals surface area contributed by atoms with Gasteiger partial charge >= 0.3 is 0 Å². The lowest BCUT2D eigenvalue weighted by Gasteiger charge is -2.13. The van der Waals surface area contributed by atoms with Crippen LogP contribution in [0.1, 0.15) is 0 Å². The summed E-state index contributed by atoms with van der Waals surface area (Å²) in [5.74, 6) is 0.710. The van der Waals surface area contributed by atoms with E-state index in [4.69, 9.17) is 9.97 Å². The third-order valence-electron chi connectivity index (χ3n) is 10.5. The SMILES string of the molecule is c1ccc(-c2cccc(-c3ccc(-c4nc(-c5cccc(-c6cccc(-c7cccc8ccccc78)c6)c5)c5ccc6ccccc6c5n4)cc3)c2)cc1. The molecule has 54 heavy (non-hydrogen) atoms. The van der Waals surface area contributed by atoms with Gasteiger partial charge in [0.15, 0.2) is 5.82 Å². The van der Waals surface area contributed by atoms with E-state index >= 15 is 0 Å². The van der Waals surface area contributed by atoms with Gasteiger partial charge in [-0.15, -0.1) is 0 Å². The number of nitrogens with zero attached hydrogens (tertiary/aromatic N) is 2. The van der Waals surface area contributed by atoms with Crippen molar-refractivity contribution < 1.29 is 0 Å². The highest BCUT2D eigenvalue weighted by Gasteiger charge is 2.15. The molecule has 1 heterocycles. The van der Waals surface area contributed by atoms with E-state index in [-0.39, 0.29) is 0 Å². The van der Waals surface area contributed by atoms with Crippen molar-refractivity contribution in [2.45, 2.75) is 0 Å². The third-order valence-corrected chi connectivity index (χ3v) is 10.5. The van der Waals surface area contributed by atoms with E-state index in [1.54, 1.807) is 0 Å². The molecule has 10 aromatic rings. The summed E-state index contributed by atoms with van der Waals surface area (Å²) in [5.41, 5.74) is 13.4. The van der Waals surface area contributed by atoms with Gasteiger partial charge < -0.3 is 0 Å². The van der Waals surface area contributed by atoms with Crippen LogP contribution in [0.15, 0.2) is 206 Å². The zero-order valence-corrected chi connectivity index (χ0v) is 29.5. The summed E-state index contributed by atoms with van der Waals surface area (Å²) in [6.07, 6.45) is 0. The van der Waals surface area contributed by atoms with Gasteiger partial charge in [-0.3, -0.25) is 0 Å². The zero-order chi connectivity index (χ0) is 35.8. The molecule has 0 amide bonds. The van der Waals surface area contributed by atoms with Gasteiger partial charge in [0, 0.05) is 21.9 Å². The van der Waals surface area contributed by atoms with Gasteiger partial charge in [-0.1, -0.05) is 182 Å². The lowest BCUT2D eigenvalue weighted by molar-refractivity contribution is 1.23. The van der Waals surface area contributed by atoms with Crippen LogP contribution in [-0.4, -0.2) is 9.97 Å². The fourth-order valence-corrected chi connectivity index (χ4v) is 7.72. The van der Waals surface area contributed by atoms with Crippen LogP contribution in [-0.2, 0) is 0 Å². The molecule has 9 aromatic carbocycles. The van der Waals surface area contributed by atoms with Gasteiger partial charge in [0.05, 0.1) is 11.2 Å². The van der Waals surface area contributed by atoms with Crippen LogP contribution in [0, 0.1) is 0 Å². The van der Waals surface area contributed by atoms with Gasteiger partial charge in [-0.2, -0.15) is 0 Å². The third kappa shape index (κ3) is 5.81. The molecule has 0 aliphatic heterocycles. The van der Waals surface area contributed by atoms with E-state index in [0.717, 1.165) is 49.6 Å². The summed E-state index contributed by atoms with van der Waals surface area (Å²) in [6.45, 7) is 0. The first kappa shape index (κ1) is 31.6. The van der Waals surface area contributed by atoms with E-state index in [2.05, 4.69) is 206 Å². The lowest BCUT2D eigenvalue weighted by atomic mass is 9.94. The van der Waals surface area contributed by atoms with Crippen LogP contribution >= 0.6 is 0 Å². The Labute approximate surface area is 314 Å². The van der Waals surface area contributed by atoms with Gasteiger partial charge in [0.25, 0.3) is 0 Å². The fourth-order valence-electron chi connectivity index (χ4n) is 7.72. The first-order chi connectivity index (χ1) is 26.7. The van der Waals surface area contributed by atoms with E-state index in [1.165, 1.54) is 44.2 Å². The second kappa shape index (κ2) is 13.4. The Morgan fingerprint density at radius 3 is 1.48 bits per heavy atom. The molecule has 0 aliphatic rings. The standard InChI is InChI=1S/C52H34N2/c1-2-12-35(13-3-1)40-17-8-18-41(32-40)36-26-28-39(29-27-36)52-53-50(49-31-30-38-15-5-7-24-48(38)51(49)54-52)45-22-10-20-43(34-45)42-19-9-21-44(33-42)47-25-11-16-37-14-4-6-23-46(37)47/h1-34H. The maximum absolute atomic E-state index is 5.33. The fraction of sp³-hybridized carbons (Fsp3) is 0. The number of aromatic nitrogens is 2. The second-order valence-electron chi connectivity index (χ2n) is 13.8. The monoisotopic (exact) mass is 686 g/mol. The highest BCUT2D eigenvalue weighted by molar-refractivity contribution is 6.10. The molecule has 0 bridgehead atoms. The first-order valence-electron chi connectivity index (χ1n) is 18.4. The van der Waals surface area contributed by atoms with Crippen molar-refractivity contribution in [2.24, 2.45) is 0 Å². The Kier molecular flexibility index (Phi) is 7.85. The minimum atomic E-state index is 0.710. The van der Waals surface area contributed by atoms with Crippen LogP contribution in [0.4, 0.5) is 0 Å². The van der Waals surface area contributed by atoms with Crippen molar-refractivity contribution in [1.29, 1.82) is 0 Å². The average Bonchev–Trinajstić information content (AvgIpc) is 3.26. The van der Waals surface area contributed by atoms with Crippen molar-refractivity contribution in [1.82, 2.24) is 9.97 Å². The first-order valence-corrected chi connectivity index (χ1v) is 18.4. The Balaban J connectivity index is 1.07. The number of hydrogen-bond donors (Lipinski definition) is 0. The van der Waals surface area contributed by atoms with E-state index in [9.17, 15) is 0 Å². The average molecular weight is 687 g/mol. The van der Waals surface area contributed by atoms with Crippen LogP contribution in [0.3, 0.4) is 0 Å². The maximum Gasteiger partial charge on any atom is 0.160 e. The summed E-state index contributed by atoms with van der Waals surface area (Å²) >= 11 is 0. The Bertz CT molecular complexity index is 2980. The second-order valence-corrected chi connectivity index (χ2v) is 13.8. The summed E-state index contributed by atoms with van der Waals surface area (Å²) in [6, 6.07) is 73.5. The van der Waals surface area contributed by atoms with Crippen molar-refractivity contribution in [3.05, 3.63) is 206 Å². The minimum absolute atomic E-state index is 0.710. The topological polar surface area (TPSA) is 25.8 Å². The summed E-state index contributed by atoms with van der Waals surface area (Å²) in [5, 5.41) is 5.81. The summed E-state index contributed by atoms with van der Waals surface area (Å²) in [4.78, 5) is 10.6. The van der Waals surface area contributed by atoms with E-state index < -0.39 is 0 Å². The highest BCUT2D eigenvalue weighted by atomic mass is 14.9. The molecule has 0 spiro atoms. The molecule has 0 fully saturated rings. The largest absolute Gasteiger partial charge is 0.227 e.